The number of carbonyl (C=O) groups excluding carboxylic acids is 2. The fourth-order valence-electron chi connectivity index (χ4n) is 3.28. The number of amides is 2. The van der Waals surface area contributed by atoms with E-state index in [1.54, 1.807) is 4.90 Å². The topological polar surface area (TPSA) is 79.6 Å². The Morgan fingerprint density at radius 1 is 1.16 bits per heavy atom. The summed E-state index contributed by atoms with van der Waals surface area (Å²) in [5.74, 6) is 0.311. The number of carbonyl (C=O) groups is 2. The average Bonchev–Trinajstić information content (AvgIpc) is 3.21. The molecule has 0 saturated carbocycles. The highest BCUT2D eigenvalue weighted by atomic mass is 16.2. The van der Waals surface area contributed by atoms with Crippen LogP contribution in [0.15, 0.2) is 48.7 Å². The quantitative estimate of drug-likeness (QED) is 0.783. The van der Waals surface area contributed by atoms with Gasteiger partial charge in [0.25, 0.3) is 0 Å². The van der Waals surface area contributed by atoms with Gasteiger partial charge in [-0.1, -0.05) is 24.3 Å². The first-order valence-electron chi connectivity index (χ1n) is 8.09. The van der Waals surface area contributed by atoms with Gasteiger partial charge >= 0.3 is 0 Å². The van der Waals surface area contributed by atoms with E-state index in [0.717, 1.165) is 16.9 Å². The third-order valence-electron chi connectivity index (χ3n) is 4.42. The molecule has 0 spiro atoms. The molecule has 2 aromatic heterocycles. The molecule has 0 bridgehead atoms. The molecule has 0 saturated heterocycles. The van der Waals surface area contributed by atoms with E-state index in [1.807, 2.05) is 53.1 Å². The molecule has 7 nitrogen and oxygen atoms in total. The van der Waals surface area contributed by atoms with E-state index in [-0.39, 0.29) is 18.4 Å². The van der Waals surface area contributed by atoms with Crippen molar-refractivity contribution in [2.24, 2.45) is 0 Å². The predicted molar refractivity (Wildman–Crippen MR) is 91.9 cm³/mol. The summed E-state index contributed by atoms with van der Waals surface area (Å²) in [6.45, 7) is 1.73. The lowest BCUT2D eigenvalue weighted by atomic mass is 10.1. The summed E-state index contributed by atoms with van der Waals surface area (Å²) in [4.78, 5) is 26.3. The highest BCUT2D eigenvalue weighted by molar-refractivity contribution is 6.02. The number of hydrogen-bond acceptors (Lipinski definition) is 4. The number of nitrogens with zero attached hydrogens (tertiary/aromatic N) is 4. The summed E-state index contributed by atoms with van der Waals surface area (Å²) in [6.07, 6.45) is 2.37. The first-order valence-corrected chi connectivity index (χ1v) is 8.09. The number of fused-ring (bicyclic) bond motifs is 2. The highest BCUT2D eigenvalue weighted by Crippen LogP contribution is 2.32. The lowest BCUT2D eigenvalue weighted by Gasteiger charge is -2.23. The monoisotopic (exact) mass is 335 g/mol. The smallest absolute Gasteiger partial charge is 0.243 e. The van der Waals surface area contributed by atoms with Gasteiger partial charge in [0, 0.05) is 25.2 Å². The molecule has 1 aliphatic rings. The van der Waals surface area contributed by atoms with E-state index in [2.05, 4.69) is 15.5 Å². The maximum absolute atomic E-state index is 12.7. The minimum Gasteiger partial charge on any atom is -0.347 e. The predicted octanol–water partition coefficient (Wildman–Crippen LogP) is 1.32. The molecule has 3 aromatic rings. The minimum absolute atomic E-state index is 0.141. The van der Waals surface area contributed by atoms with E-state index >= 15 is 0 Å². The number of aromatic nitrogens is 3. The van der Waals surface area contributed by atoms with Gasteiger partial charge in [-0.05, 0) is 23.8 Å². The molecule has 0 aliphatic carbocycles. The normalized spacial score (nSPS) is 16.0. The zero-order chi connectivity index (χ0) is 17.4. The van der Waals surface area contributed by atoms with Crippen molar-refractivity contribution >= 4 is 23.1 Å². The Morgan fingerprint density at radius 3 is 2.80 bits per heavy atom. The van der Waals surface area contributed by atoms with E-state index in [9.17, 15) is 9.59 Å². The minimum atomic E-state index is -0.533. The van der Waals surface area contributed by atoms with E-state index in [0.29, 0.717) is 12.2 Å². The highest BCUT2D eigenvalue weighted by Gasteiger charge is 2.36. The fraction of sp³-hybridized carbons (Fsp3) is 0.222. The van der Waals surface area contributed by atoms with Crippen LogP contribution in [-0.2, 0) is 22.6 Å². The second-order valence-corrected chi connectivity index (χ2v) is 6.00. The molecule has 0 unspecified atom stereocenters. The third kappa shape index (κ3) is 2.63. The second kappa shape index (κ2) is 6.01. The van der Waals surface area contributed by atoms with Crippen molar-refractivity contribution in [3.63, 3.8) is 0 Å². The number of benzene rings is 1. The Labute approximate surface area is 144 Å². The van der Waals surface area contributed by atoms with Crippen LogP contribution in [-0.4, -0.2) is 32.5 Å². The first-order chi connectivity index (χ1) is 12.1. The largest absolute Gasteiger partial charge is 0.347 e. The number of hydrogen-bond donors (Lipinski definition) is 1. The molecular weight excluding hydrogens is 318 g/mol. The van der Waals surface area contributed by atoms with Gasteiger partial charge in [-0.25, -0.2) is 0 Å². The number of para-hydroxylation sites is 1. The van der Waals surface area contributed by atoms with Crippen LogP contribution < -0.4 is 10.2 Å². The summed E-state index contributed by atoms with van der Waals surface area (Å²) in [5.41, 5.74) is 2.54. The molecule has 25 heavy (non-hydrogen) atoms. The summed E-state index contributed by atoms with van der Waals surface area (Å²) < 4.78 is 1.83. The van der Waals surface area contributed by atoms with Crippen molar-refractivity contribution < 1.29 is 9.59 Å². The Bertz CT molecular complexity index is 965. The van der Waals surface area contributed by atoms with Crippen molar-refractivity contribution in [2.45, 2.75) is 25.9 Å². The van der Waals surface area contributed by atoms with Crippen LogP contribution in [0.25, 0.3) is 5.65 Å². The number of rotatable bonds is 3. The molecule has 1 aromatic carbocycles. The number of anilines is 1. The van der Waals surface area contributed by atoms with Crippen LogP contribution in [0.2, 0.25) is 0 Å². The molecule has 2 amide bonds. The van der Waals surface area contributed by atoms with Crippen molar-refractivity contribution in [1.82, 2.24) is 19.9 Å². The van der Waals surface area contributed by atoms with E-state index in [1.165, 1.54) is 6.92 Å². The maximum atomic E-state index is 12.7. The van der Waals surface area contributed by atoms with Crippen molar-refractivity contribution in [2.75, 3.05) is 4.90 Å². The van der Waals surface area contributed by atoms with Gasteiger partial charge in [-0.3, -0.25) is 18.9 Å². The zero-order valence-corrected chi connectivity index (χ0v) is 13.7. The summed E-state index contributed by atoms with van der Waals surface area (Å²) >= 11 is 0. The molecule has 4 rings (SSSR count). The Morgan fingerprint density at radius 2 is 1.96 bits per heavy atom. The van der Waals surface area contributed by atoms with Gasteiger partial charge in [0.1, 0.15) is 6.04 Å². The van der Waals surface area contributed by atoms with Gasteiger partial charge in [-0.2, -0.15) is 0 Å². The van der Waals surface area contributed by atoms with E-state index < -0.39 is 6.04 Å². The standard InChI is InChI=1S/C18H17N5O2/c1-12(24)23-14-7-3-2-6-13(14)10-15(23)18(25)19-11-17-21-20-16-8-4-5-9-22(16)17/h2-9,15H,10-11H2,1H3,(H,19,25)/t15-/m0/s1. The zero-order valence-electron chi connectivity index (χ0n) is 13.7. The summed E-state index contributed by atoms with van der Waals surface area (Å²) in [5, 5.41) is 11.1. The molecule has 3 heterocycles. The molecule has 0 radical (unpaired) electrons. The van der Waals surface area contributed by atoms with Crippen LogP contribution in [0.1, 0.15) is 18.3 Å². The van der Waals surface area contributed by atoms with Crippen LogP contribution in [0.4, 0.5) is 5.69 Å². The van der Waals surface area contributed by atoms with Gasteiger partial charge in [0.05, 0.1) is 6.54 Å². The summed E-state index contributed by atoms with van der Waals surface area (Å²) in [7, 11) is 0. The fourth-order valence-corrected chi connectivity index (χ4v) is 3.28. The molecule has 126 valence electrons. The van der Waals surface area contributed by atoms with Crippen molar-refractivity contribution in [3.05, 3.63) is 60.0 Å². The molecule has 1 aliphatic heterocycles. The summed E-state index contributed by atoms with van der Waals surface area (Å²) in [6, 6.07) is 12.7. The van der Waals surface area contributed by atoms with Gasteiger partial charge in [-0.15, -0.1) is 10.2 Å². The Kier molecular flexibility index (Phi) is 3.68. The van der Waals surface area contributed by atoms with Crippen LogP contribution in [0.5, 0.6) is 0 Å². The van der Waals surface area contributed by atoms with Crippen LogP contribution in [0, 0.1) is 0 Å². The molecule has 7 heteroatoms. The van der Waals surface area contributed by atoms with Crippen molar-refractivity contribution in [1.29, 1.82) is 0 Å². The molecule has 0 fully saturated rings. The Balaban J connectivity index is 1.52. The van der Waals surface area contributed by atoms with Crippen molar-refractivity contribution in [3.8, 4) is 0 Å². The third-order valence-corrected chi connectivity index (χ3v) is 4.42. The van der Waals surface area contributed by atoms with Gasteiger partial charge in [0.2, 0.25) is 11.8 Å². The number of nitrogens with one attached hydrogen (secondary N) is 1. The Hall–Kier alpha value is -3.22. The van der Waals surface area contributed by atoms with E-state index in [4.69, 9.17) is 0 Å². The van der Waals surface area contributed by atoms with Gasteiger partial charge < -0.3 is 5.32 Å². The average molecular weight is 335 g/mol. The van der Waals surface area contributed by atoms with Crippen LogP contribution >= 0.6 is 0 Å². The van der Waals surface area contributed by atoms with Crippen LogP contribution in [0.3, 0.4) is 0 Å². The lowest BCUT2D eigenvalue weighted by molar-refractivity contribution is -0.125. The molecule has 1 N–H and O–H groups in total. The SMILES string of the molecule is CC(=O)N1c2ccccc2C[C@H]1C(=O)NCc1nnc2ccccn12. The number of pyridine rings is 1. The second-order valence-electron chi connectivity index (χ2n) is 6.00. The maximum Gasteiger partial charge on any atom is 0.243 e. The van der Waals surface area contributed by atoms with Gasteiger partial charge in [0.15, 0.2) is 11.5 Å². The molecule has 1 atom stereocenters. The lowest BCUT2D eigenvalue weighted by Crippen LogP contribution is -2.47. The first kappa shape index (κ1) is 15.3. The molecular formula is C18H17N5O2.